The Balaban J connectivity index is 1.91. The van der Waals surface area contributed by atoms with Gasteiger partial charge in [0, 0.05) is 6.54 Å². The predicted octanol–water partition coefficient (Wildman–Crippen LogP) is 1.97. The van der Waals surface area contributed by atoms with E-state index in [4.69, 9.17) is 16.3 Å². The number of nitrogens with one attached hydrogen (secondary N) is 1. The average Bonchev–Trinajstić information content (AvgIpc) is 2.08. The Bertz CT molecular complexity index is 328. The maximum Gasteiger partial charge on any atom is 0.141 e. The Hall–Kier alpha value is -0.640. The summed E-state index contributed by atoms with van der Waals surface area (Å²) in [6, 6.07) is 5.19. The first-order valence-corrected chi connectivity index (χ1v) is 4.88. The Morgan fingerprint density at radius 3 is 2.86 bits per heavy atom. The van der Waals surface area contributed by atoms with Crippen molar-refractivity contribution >= 4 is 11.6 Å². The first kappa shape index (κ1) is 9.90. The van der Waals surface area contributed by atoms with Crippen molar-refractivity contribution in [2.24, 2.45) is 0 Å². The van der Waals surface area contributed by atoms with Crippen molar-refractivity contribution in [1.82, 2.24) is 5.32 Å². The van der Waals surface area contributed by atoms with E-state index in [0.29, 0.717) is 12.6 Å². The van der Waals surface area contributed by atoms with Crippen LogP contribution in [0, 0.1) is 5.82 Å². The van der Waals surface area contributed by atoms with Crippen LogP contribution in [0.2, 0.25) is 5.02 Å². The fourth-order valence-electron chi connectivity index (χ4n) is 1.27. The maximum absolute atomic E-state index is 12.8. The van der Waals surface area contributed by atoms with Crippen LogP contribution >= 0.6 is 11.6 Å². The fraction of sp³-hybridized carbons (Fsp3) is 0.400. The Morgan fingerprint density at radius 2 is 2.29 bits per heavy atom. The SMILES string of the molecule is Fc1ccc(CNC2COC2)cc1Cl. The van der Waals surface area contributed by atoms with Gasteiger partial charge in [-0.3, -0.25) is 0 Å². The van der Waals surface area contributed by atoms with E-state index in [1.807, 2.05) is 0 Å². The van der Waals surface area contributed by atoms with Crippen LogP contribution < -0.4 is 5.32 Å². The summed E-state index contributed by atoms with van der Waals surface area (Å²) < 4.78 is 17.8. The highest BCUT2D eigenvalue weighted by molar-refractivity contribution is 6.30. The van der Waals surface area contributed by atoms with Gasteiger partial charge in [0.15, 0.2) is 0 Å². The second-order valence-electron chi connectivity index (χ2n) is 3.36. The molecule has 0 saturated carbocycles. The summed E-state index contributed by atoms with van der Waals surface area (Å²) in [6.07, 6.45) is 0. The van der Waals surface area contributed by atoms with Gasteiger partial charge in [0.2, 0.25) is 0 Å². The number of ether oxygens (including phenoxy) is 1. The summed E-state index contributed by atoms with van der Waals surface area (Å²) in [5.41, 5.74) is 0.989. The van der Waals surface area contributed by atoms with Gasteiger partial charge in [-0.2, -0.15) is 0 Å². The quantitative estimate of drug-likeness (QED) is 0.833. The molecule has 0 amide bonds. The Labute approximate surface area is 87.0 Å². The van der Waals surface area contributed by atoms with E-state index in [9.17, 15) is 4.39 Å². The van der Waals surface area contributed by atoms with Crippen LogP contribution in [0.4, 0.5) is 4.39 Å². The molecule has 1 aromatic carbocycles. The minimum Gasteiger partial charge on any atom is -0.378 e. The number of hydrogen-bond donors (Lipinski definition) is 1. The third-order valence-corrected chi connectivity index (χ3v) is 2.51. The van der Waals surface area contributed by atoms with Gasteiger partial charge in [0.1, 0.15) is 5.82 Å². The highest BCUT2D eigenvalue weighted by Crippen LogP contribution is 2.16. The molecule has 1 aromatic rings. The standard InChI is InChI=1S/C10H11ClFNO/c11-9-3-7(1-2-10(9)12)4-13-8-5-14-6-8/h1-3,8,13H,4-6H2. The molecule has 14 heavy (non-hydrogen) atoms. The summed E-state index contributed by atoms with van der Waals surface area (Å²) in [4.78, 5) is 0. The molecule has 1 aliphatic heterocycles. The van der Waals surface area contributed by atoms with E-state index in [1.165, 1.54) is 6.07 Å². The van der Waals surface area contributed by atoms with Crippen LogP contribution in [0.15, 0.2) is 18.2 Å². The molecule has 1 N–H and O–H groups in total. The molecule has 4 heteroatoms. The molecule has 0 bridgehead atoms. The summed E-state index contributed by atoms with van der Waals surface area (Å²) in [5, 5.41) is 3.45. The minimum absolute atomic E-state index is 0.175. The van der Waals surface area contributed by atoms with Gasteiger partial charge in [0.05, 0.1) is 24.3 Å². The molecule has 0 aromatic heterocycles. The molecule has 0 radical (unpaired) electrons. The third-order valence-electron chi connectivity index (χ3n) is 2.22. The van der Waals surface area contributed by atoms with E-state index in [-0.39, 0.29) is 10.8 Å². The molecule has 0 atom stereocenters. The lowest BCUT2D eigenvalue weighted by atomic mass is 10.2. The number of benzene rings is 1. The van der Waals surface area contributed by atoms with Crippen molar-refractivity contribution < 1.29 is 9.13 Å². The van der Waals surface area contributed by atoms with Crippen molar-refractivity contribution in [1.29, 1.82) is 0 Å². The van der Waals surface area contributed by atoms with E-state index in [0.717, 1.165) is 18.8 Å². The molecule has 1 heterocycles. The molecule has 76 valence electrons. The lowest BCUT2D eigenvalue weighted by Gasteiger charge is -2.27. The molecule has 2 rings (SSSR count). The second-order valence-corrected chi connectivity index (χ2v) is 3.77. The van der Waals surface area contributed by atoms with Crippen molar-refractivity contribution in [2.45, 2.75) is 12.6 Å². The summed E-state index contributed by atoms with van der Waals surface area (Å²) in [6.45, 7) is 2.22. The van der Waals surface area contributed by atoms with E-state index >= 15 is 0 Å². The fourth-order valence-corrected chi connectivity index (χ4v) is 1.47. The summed E-state index contributed by atoms with van der Waals surface area (Å²) in [7, 11) is 0. The van der Waals surface area contributed by atoms with Crippen LogP contribution in [0.5, 0.6) is 0 Å². The Morgan fingerprint density at radius 1 is 1.50 bits per heavy atom. The van der Waals surface area contributed by atoms with Crippen LogP contribution in [0.25, 0.3) is 0 Å². The molecular formula is C10H11ClFNO. The van der Waals surface area contributed by atoms with Crippen molar-refractivity contribution in [3.63, 3.8) is 0 Å². The second kappa shape index (κ2) is 4.26. The number of halogens is 2. The normalized spacial score (nSPS) is 16.7. The molecule has 0 aliphatic carbocycles. The molecule has 0 spiro atoms. The summed E-state index contributed by atoms with van der Waals surface area (Å²) >= 11 is 5.65. The van der Waals surface area contributed by atoms with Gasteiger partial charge in [0.25, 0.3) is 0 Å². The zero-order chi connectivity index (χ0) is 9.97. The van der Waals surface area contributed by atoms with E-state index in [1.54, 1.807) is 12.1 Å². The van der Waals surface area contributed by atoms with E-state index in [2.05, 4.69) is 5.32 Å². The first-order chi connectivity index (χ1) is 6.75. The Kier molecular flexibility index (Phi) is 3.01. The van der Waals surface area contributed by atoms with Crippen molar-refractivity contribution in [3.05, 3.63) is 34.6 Å². The lowest BCUT2D eigenvalue weighted by molar-refractivity contribution is -0.00578. The van der Waals surface area contributed by atoms with Gasteiger partial charge < -0.3 is 10.1 Å². The molecular weight excluding hydrogens is 205 g/mol. The topological polar surface area (TPSA) is 21.3 Å². The smallest absolute Gasteiger partial charge is 0.141 e. The van der Waals surface area contributed by atoms with Gasteiger partial charge in [-0.1, -0.05) is 17.7 Å². The van der Waals surface area contributed by atoms with E-state index < -0.39 is 0 Å². The average molecular weight is 216 g/mol. The maximum atomic E-state index is 12.8. The molecule has 1 saturated heterocycles. The van der Waals surface area contributed by atoms with Gasteiger partial charge in [-0.25, -0.2) is 4.39 Å². The minimum atomic E-state index is -0.373. The predicted molar refractivity (Wildman–Crippen MR) is 52.9 cm³/mol. The lowest BCUT2D eigenvalue weighted by Crippen LogP contribution is -2.45. The van der Waals surface area contributed by atoms with Crippen LogP contribution in [0.3, 0.4) is 0 Å². The number of rotatable bonds is 3. The van der Waals surface area contributed by atoms with Gasteiger partial charge in [-0.15, -0.1) is 0 Å². The van der Waals surface area contributed by atoms with Crippen LogP contribution in [-0.2, 0) is 11.3 Å². The molecule has 2 nitrogen and oxygen atoms in total. The largest absolute Gasteiger partial charge is 0.378 e. The zero-order valence-electron chi connectivity index (χ0n) is 7.59. The molecule has 1 aliphatic rings. The summed E-state index contributed by atoms with van der Waals surface area (Å²) in [5.74, 6) is -0.373. The van der Waals surface area contributed by atoms with Crippen molar-refractivity contribution in [2.75, 3.05) is 13.2 Å². The first-order valence-electron chi connectivity index (χ1n) is 4.51. The zero-order valence-corrected chi connectivity index (χ0v) is 8.35. The molecule has 0 unspecified atom stereocenters. The highest BCUT2D eigenvalue weighted by atomic mass is 35.5. The monoisotopic (exact) mass is 215 g/mol. The van der Waals surface area contributed by atoms with Gasteiger partial charge in [-0.05, 0) is 17.7 Å². The molecule has 1 fully saturated rings. The highest BCUT2D eigenvalue weighted by Gasteiger charge is 2.16. The van der Waals surface area contributed by atoms with Crippen LogP contribution in [-0.4, -0.2) is 19.3 Å². The van der Waals surface area contributed by atoms with Crippen molar-refractivity contribution in [3.8, 4) is 0 Å². The number of hydrogen-bond acceptors (Lipinski definition) is 2. The third kappa shape index (κ3) is 2.23. The van der Waals surface area contributed by atoms with Gasteiger partial charge >= 0.3 is 0 Å². The van der Waals surface area contributed by atoms with Crippen LogP contribution in [0.1, 0.15) is 5.56 Å².